The minimum atomic E-state index is -4.14. The first-order chi connectivity index (χ1) is 17.8. The van der Waals surface area contributed by atoms with E-state index in [1.807, 2.05) is 18.2 Å². The SMILES string of the molecule is C[C@H](NP(=O)(Oc1ccccc1)Oc1ccc([N+](=O)[O-])cc1)C(=O)OC1CCC(c2ccccc2)CC1. The van der Waals surface area contributed by atoms with Gasteiger partial charge in [-0.15, -0.1) is 0 Å². The third-order valence-corrected chi connectivity index (χ3v) is 7.78. The molecule has 1 fully saturated rings. The van der Waals surface area contributed by atoms with E-state index in [2.05, 4.69) is 17.2 Å². The van der Waals surface area contributed by atoms with Crippen molar-refractivity contribution in [3.05, 3.63) is 101 Å². The monoisotopic (exact) mass is 524 g/mol. The van der Waals surface area contributed by atoms with E-state index in [0.717, 1.165) is 25.7 Å². The summed E-state index contributed by atoms with van der Waals surface area (Å²) in [4.78, 5) is 23.3. The molecule has 9 nitrogen and oxygen atoms in total. The zero-order chi connectivity index (χ0) is 26.3. The third-order valence-electron chi connectivity index (χ3n) is 6.18. The Balaban J connectivity index is 1.39. The van der Waals surface area contributed by atoms with E-state index >= 15 is 0 Å². The second-order valence-electron chi connectivity index (χ2n) is 8.92. The lowest BCUT2D eigenvalue weighted by Crippen LogP contribution is -2.38. The molecule has 1 aliphatic rings. The molecule has 1 N–H and O–H groups in total. The summed E-state index contributed by atoms with van der Waals surface area (Å²) in [7, 11) is -4.14. The van der Waals surface area contributed by atoms with E-state index in [1.54, 1.807) is 30.3 Å². The zero-order valence-electron chi connectivity index (χ0n) is 20.4. The molecule has 1 unspecified atom stereocenters. The maximum atomic E-state index is 13.7. The van der Waals surface area contributed by atoms with Crippen LogP contribution in [0.15, 0.2) is 84.9 Å². The number of nitrogens with zero attached hydrogens (tertiary/aromatic N) is 1. The smallest absolute Gasteiger partial charge is 0.461 e. The summed E-state index contributed by atoms with van der Waals surface area (Å²) in [5.41, 5.74) is 1.16. The first kappa shape index (κ1) is 26.4. The summed E-state index contributed by atoms with van der Waals surface area (Å²) in [6.07, 6.45) is 3.11. The number of carbonyl (C=O) groups is 1. The molecule has 0 bridgehead atoms. The minimum Gasteiger partial charge on any atom is -0.461 e. The van der Waals surface area contributed by atoms with Gasteiger partial charge in [0.1, 0.15) is 23.6 Å². The molecule has 2 atom stereocenters. The minimum absolute atomic E-state index is 0.0807. The van der Waals surface area contributed by atoms with Gasteiger partial charge in [0.05, 0.1) is 4.92 Å². The number of nitro groups is 1. The normalized spacial score (nSPS) is 19.7. The summed E-state index contributed by atoms with van der Waals surface area (Å²) in [6.45, 7) is 1.53. The van der Waals surface area contributed by atoms with Gasteiger partial charge in [-0.05, 0) is 68.4 Å². The van der Waals surface area contributed by atoms with Crippen LogP contribution in [-0.2, 0) is 14.1 Å². The van der Waals surface area contributed by atoms with Gasteiger partial charge in [0, 0.05) is 12.1 Å². The van der Waals surface area contributed by atoms with Crippen LogP contribution < -0.4 is 14.1 Å². The standard InChI is InChI=1S/C27H29N2O7P/c1-20(27(30)34-24-16-12-22(13-17-24)21-8-4-2-5-9-21)28-37(33,35-25-10-6-3-7-11-25)36-26-18-14-23(15-19-26)29(31)32/h2-11,14-15,18-20,22,24H,12-13,16-17H2,1H3,(H,28,33)/t20-,22?,24?,37?/m0/s1. The Morgan fingerprint density at radius 2 is 1.43 bits per heavy atom. The van der Waals surface area contributed by atoms with Crippen molar-refractivity contribution in [2.75, 3.05) is 0 Å². The predicted octanol–water partition coefficient (Wildman–Crippen LogP) is 6.41. The second kappa shape index (κ2) is 12.0. The number of ether oxygens (including phenoxy) is 1. The maximum absolute atomic E-state index is 13.7. The van der Waals surface area contributed by atoms with Crippen molar-refractivity contribution in [2.24, 2.45) is 0 Å². The van der Waals surface area contributed by atoms with Crippen LogP contribution in [0.3, 0.4) is 0 Å². The zero-order valence-corrected chi connectivity index (χ0v) is 21.3. The lowest BCUT2D eigenvalue weighted by Gasteiger charge is -2.30. The Bertz CT molecular complexity index is 1230. The number of rotatable bonds is 10. The summed E-state index contributed by atoms with van der Waals surface area (Å²) >= 11 is 0. The number of nitro benzene ring substituents is 1. The van der Waals surface area contributed by atoms with Gasteiger partial charge >= 0.3 is 13.7 Å². The number of non-ortho nitro benzene ring substituents is 1. The number of para-hydroxylation sites is 1. The summed E-state index contributed by atoms with van der Waals surface area (Å²) in [6, 6.07) is 22.8. The Labute approximate surface area is 215 Å². The van der Waals surface area contributed by atoms with E-state index in [-0.39, 0.29) is 23.3 Å². The Morgan fingerprint density at radius 3 is 2.00 bits per heavy atom. The molecule has 1 saturated carbocycles. The molecule has 1 aliphatic carbocycles. The Hall–Kier alpha value is -3.68. The number of esters is 1. The number of nitrogens with one attached hydrogen (secondary N) is 1. The molecule has 4 rings (SSSR count). The quantitative estimate of drug-likeness (QED) is 0.140. The fourth-order valence-corrected chi connectivity index (χ4v) is 5.78. The highest BCUT2D eigenvalue weighted by atomic mass is 31.2. The van der Waals surface area contributed by atoms with Gasteiger partial charge < -0.3 is 13.8 Å². The summed E-state index contributed by atoms with van der Waals surface area (Å²) in [5.74, 6) is 0.228. The second-order valence-corrected chi connectivity index (χ2v) is 10.5. The molecular weight excluding hydrogens is 495 g/mol. The van der Waals surface area contributed by atoms with E-state index < -0.39 is 24.7 Å². The molecule has 0 heterocycles. The van der Waals surface area contributed by atoms with Crippen molar-refractivity contribution in [1.29, 1.82) is 0 Å². The first-order valence-electron chi connectivity index (χ1n) is 12.1. The molecule has 0 aromatic heterocycles. The van der Waals surface area contributed by atoms with Gasteiger partial charge in [0.25, 0.3) is 5.69 Å². The van der Waals surface area contributed by atoms with E-state index in [1.165, 1.54) is 36.8 Å². The van der Waals surface area contributed by atoms with Crippen LogP contribution in [0.4, 0.5) is 5.69 Å². The van der Waals surface area contributed by atoms with Crippen molar-refractivity contribution in [3.8, 4) is 11.5 Å². The fourth-order valence-electron chi connectivity index (χ4n) is 4.25. The van der Waals surface area contributed by atoms with Crippen molar-refractivity contribution in [1.82, 2.24) is 5.09 Å². The molecule has 37 heavy (non-hydrogen) atoms. The Kier molecular flexibility index (Phi) is 8.58. The van der Waals surface area contributed by atoms with Crippen molar-refractivity contribution < 1.29 is 28.1 Å². The predicted molar refractivity (Wildman–Crippen MR) is 139 cm³/mol. The van der Waals surface area contributed by atoms with Gasteiger partial charge in [-0.2, -0.15) is 5.09 Å². The molecular formula is C27H29N2O7P. The van der Waals surface area contributed by atoms with Crippen LogP contribution in [0.2, 0.25) is 0 Å². The van der Waals surface area contributed by atoms with E-state index in [9.17, 15) is 19.5 Å². The molecule has 10 heteroatoms. The van der Waals surface area contributed by atoms with Crippen molar-refractivity contribution in [3.63, 3.8) is 0 Å². The van der Waals surface area contributed by atoms with E-state index in [4.69, 9.17) is 13.8 Å². The molecule has 3 aromatic carbocycles. The van der Waals surface area contributed by atoms with Gasteiger partial charge in [-0.1, -0.05) is 48.5 Å². The van der Waals surface area contributed by atoms with Crippen molar-refractivity contribution >= 4 is 19.4 Å². The van der Waals surface area contributed by atoms with Crippen LogP contribution >= 0.6 is 7.75 Å². The van der Waals surface area contributed by atoms with Gasteiger partial charge in [-0.25, -0.2) is 4.57 Å². The van der Waals surface area contributed by atoms with Crippen LogP contribution in [0.5, 0.6) is 11.5 Å². The highest BCUT2D eigenvalue weighted by Crippen LogP contribution is 2.45. The van der Waals surface area contributed by atoms with Gasteiger partial charge in [-0.3, -0.25) is 14.9 Å². The van der Waals surface area contributed by atoms with Crippen LogP contribution in [0.1, 0.15) is 44.1 Å². The lowest BCUT2D eigenvalue weighted by atomic mass is 9.83. The largest absolute Gasteiger partial charge is 0.513 e. The van der Waals surface area contributed by atoms with Crippen LogP contribution in [0.25, 0.3) is 0 Å². The number of hydrogen-bond donors (Lipinski definition) is 1. The molecule has 0 spiro atoms. The highest BCUT2D eigenvalue weighted by molar-refractivity contribution is 7.52. The van der Waals surface area contributed by atoms with Crippen LogP contribution in [-0.4, -0.2) is 23.0 Å². The first-order valence-corrected chi connectivity index (χ1v) is 13.7. The lowest BCUT2D eigenvalue weighted by molar-refractivity contribution is -0.384. The van der Waals surface area contributed by atoms with Crippen LogP contribution in [0, 0.1) is 10.1 Å². The highest BCUT2D eigenvalue weighted by Gasteiger charge is 2.35. The topological polar surface area (TPSA) is 117 Å². The average molecular weight is 525 g/mol. The molecule has 0 aliphatic heterocycles. The van der Waals surface area contributed by atoms with Gasteiger partial charge in [0.2, 0.25) is 0 Å². The number of carbonyl (C=O) groups excluding carboxylic acids is 1. The van der Waals surface area contributed by atoms with Gasteiger partial charge in [0.15, 0.2) is 0 Å². The fraction of sp³-hybridized carbons (Fsp3) is 0.296. The number of benzene rings is 3. The third kappa shape index (κ3) is 7.41. The van der Waals surface area contributed by atoms with Crippen molar-refractivity contribution in [2.45, 2.75) is 50.7 Å². The molecule has 0 saturated heterocycles. The Morgan fingerprint density at radius 1 is 0.892 bits per heavy atom. The summed E-state index contributed by atoms with van der Waals surface area (Å²) in [5, 5.41) is 13.6. The molecule has 3 aromatic rings. The molecule has 0 amide bonds. The maximum Gasteiger partial charge on any atom is 0.513 e. The average Bonchev–Trinajstić information content (AvgIpc) is 2.90. The number of hydrogen-bond acceptors (Lipinski definition) is 7. The van der Waals surface area contributed by atoms with E-state index in [0.29, 0.717) is 5.92 Å². The summed E-state index contributed by atoms with van der Waals surface area (Å²) < 4.78 is 30.6. The molecule has 194 valence electrons. The molecule has 0 radical (unpaired) electrons.